The second-order valence-electron chi connectivity index (χ2n) is 5.71. The zero-order valence-corrected chi connectivity index (χ0v) is 11.8. The van der Waals surface area contributed by atoms with Crippen molar-refractivity contribution in [3.05, 3.63) is 30.3 Å². The minimum absolute atomic E-state index is 0.0265. The molecule has 3 heteroatoms. The van der Waals surface area contributed by atoms with Crippen molar-refractivity contribution in [2.75, 3.05) is 11.9 Å². The summed E-state index contributed by atoms with van der Waals surface area (Å²) in [6, 6.07) is 9.91. The fourth-order valence-corrected chi connectivity index (χ4v) is 3.28. The predicted octanol–water partition coefficient (Wildman–Crippen LogP) is 4.02. The van der Waals surface area contributed by atoms with E-state index in [1.165, 1.54) is 32.1 Å². The summed E-state index contributed by atoms with van der Waals surface area (Å²) < 4.78 is 0. The molecule has 1 fully saturated rings. The second-order valence-corrected chi connectivity index (χ2v) is 5.71. The molecule has 0 aliphatic heterocycles. The first-order valence-corrected chi connectivity index (χ1v) is 7.35. The second kappa shape index (κ2) is 5.23. The maximum absolute atomic E-state index is 10.0. The Bertz CT molecular complexity index is 618. The van der Waals surface area contributed by atoms with Crippen LogP contribution in [0.3, 0.4) is 0 Å². The molecule has 0 radical (unpaired) electrons. The Morgan fingerprint density at radius 3 is 2.35 bits per heavy atom. The molecule has 1 aliphatic rings. The highest BCUT2D eigenvalue weighted by atomic mass is 16.3. The van der Waals surface area contributed by atoms with Gasteiger partial charge in [-0.1, -0.05) is 43.5 Å². The third-order valence-electron chi connectivity index (χ3n) is 4.48. The lowest BCUT2D eigenvalue weighted by atomic mass is 9.93. The number of phenols is 2. The monoisotopic (exact) mass is 271 g/mol. The molecule has 3 nitrogen and oxygen atoms in total. The van der Waals surface area contributed by atoms with E-state index in [1.807, 2.05) is 24.3 Å². The smallest absolute Gasteiger partial charge is 0.165 e. The number of anilines is 1. The minimum atomic E-state index is -0.0404. The maximum atomic E-state index is 10.0. The lowest BCUT2D eigenvalue weighted by molar-refractivity contribution is 0.406. The topological polar surface area (TPSA) is 43.7 Å². The van der Waals surface area contributed by atoms with Gasteiger partial charge in [0, 0.05) is 35.6 Å². The molecular weight excluding hydrogens is 250 g/mol. The molecule has 0 amide bonds. The van der Waals surface area contributed by atoms with Gasteiger partial charge in [-0.2, -0.15) is 0 Å². The summed E-state index contributed by atoms with van der Waals surface area (Å²) in [4.78, 5) is 2.26. The van der Waals surface area contributed by atoms with E-state index in [4.69, 9.17) is 0 Å². The first-order chi connectivity index (χ1) is 9.68. The van der Waals surface area contributed by atoms with E-state index in [9.17, 15) is 10.2 Å². The zero-order chi connectivity index (χ0) is 14.1. The van der Waals surface area contributed by atoms with Gasteiger partial charge >= 0.3 is 0 Å². The fraction of sp³-hybridized carbons (Fsp3) is 0.412. The van der Waals surface area contributed by atoms with Crippen LogP contribution in [0.2, 0.25) is 0 Å². The Labute approximate surface area is 119 Å². The van der Waals surface area contributed by atoms with E-state index in [0.717, 1.165) is 11.1 Å². The van der Waals surface area contributed by atoms with Crippen molar-refractivity contribution in [3.63, 3.8) is 0 Å². The van der Waals surface area contributed by atoms with E-state index in [2.05, 4.69) is 11.9 Å². The first kappa shape index (κ1) is 13.1. The van der Waals surface area contributed by atoms with Crippen molar-refractivity contribution in [2.45, 2.75) is 38.1 Å². The number of rotatable bonds is 2. The van der Waals surface area contributed by atoms with Crippen LogP contribution >= 0.6 is 0 Å². The van der Waals surface area contributed by atoms with Crippen LogP contribution in [0.15, 0.2) is 30.3 Å². The van der Waals surface area contributed by atoms with Gasteiger partial charge in [0.1, 0.15) is 0 Å². The quantitative estimate of drug-likeness (QED) is 0.811. The first-order valence-electron chi connectivity index (χ1n) is 7.35. The summed E-state index contributed by atoms with van der Waals surface area (Å²) in [7, 11) is 2.09. The van der Waals surface area contributed by atoms with Gasteiger partial charge in [-0.25, -0.2) is 0 Å². The van der Waals surface area contributed by atoms with E-state index in [-0.39, 0.29) is 11.5 Å². The van der Waals surface area contributed by atoms with Crippen LogP contribution in [0.25, 0.3) is 10.8 Å². The van der Waals surface area contributed by atoms with Crippen molar-refractivity contribution in [1.29, 1.82) is 0 Å². The lowest BCUT2D eigenvalue weighted by Crippen LogP contribution is -2.33. The van der Waals surface area contributed by atoms with Gasteiger partial charge in [-0.15, -0.1) is 0 Å². The van der Waals surface area contributed by atoms with Crippen molar-refractivity contribution in [3.8, 4) is 11.5 Å². The summed E-state index contributed by atoms with van der Waals surface area (Å²) in [6.07, 6.45) is 6.28. The normalized spacial score (nSPS) is 16.4. The van der Waals surface area contributed by atoms with Gasteiger partial charge in [-0.3, -0.25) is 0 Å². The Morgan fingerprint density at radius 2 is 1.65 bits per heavy atom. The fourth-order valence-electron chi connectivity index (χ4n) is 3.28. The minimum Gasteiger partial charge on any atom is -0.504 e. The molecule has 2 aromatic carbocycles. The number of phenolic OH excluding ortho intramolecular Hbond substituents is 2. The summed E-state index contributed by atoms with van der Waals surface area (Å²) in [5, 5.41) is 21.7. The van der Waals surface area contributed by atoms with Crippen molar-refractivity contribution >= 4 is 16.5 Å². The molecule has 1 saturated carbocycles. The SMILES string of the molecule is CN(c1cc(O)c(O)c2ccccc12)C1CCCCC1. The standard InChI is InChI=1S/C17H21NO2/c1-18(12-7-3-2-4-8-12)15-11-16(19)17(20)14-10-6-5-9-13(14)15/h5-6,9-12,19-20H,2-4,7-8H2,1H3. The van der Waals surface area contributed by atoms with Crippen LogP contribution in [0.5, 0.6) is 11.5 Å². The molecule has 2 N–H and O–H groups in total. The van der Waals surface area contributed by atoms with Gasteiger partial charge in [0.2, 0.25) is 0 Å². The van der Waals surface area contributed by atoms with Crippen molar-refractivity contribution < 1.29 is 10.2 Å². The third kappa shape index (κ3) is 2.17. The van der Waals surface area contributed by atoms with Crippen LogP contribution in [0.1, 0.15) is 32.1 Å². The molecule has 3 rings (SSSR count). The molecule has 0 saturated heterocycles. The highest BCUT2D eigenvalue weighted by Crippen LogP contribution is 2.41. The predicted molar refractivity (Wildman–Crippen MR) is 82.6 cm³/mol. The highest BCUT2D eigenvalue weighted by Gasteiger charge is 2.21. The number of hydrogen-bond acceptors (Lipinski definition) is 3. The van der Waals surface area contributed by atoms with Gasteiger partial charge in [0.05, 0.1) is 0 Å². The van der Waals surface area contributed by atoms with Crippen molar-refractivity contribution in [2.24, 2.45) is 0 Å². The van der Waals surface area contributed by atoms with Gasteiger partial charge in [-0.05, 0) is 12.8 Å². The molecular formula is C17H21NO2. The molecule has 0 atom stereocenters. The number of aromatic hydroxyl groups is 2. The van der Waals surface area contributed by atoms with Crippen LogP contribution in [0, 0.1) is 0 Å². The van der Waals surface area contributed by atoms with Crippen LogP contribution in [-0.2, 0) is 0 Å². The van der Waals surface area contributed by atoms with Gasteiger partial charge in [0.25, 0.3) is 0 Å². The summed E-state index contributed by atoms with van der Waals surface area (Å²) in [5.41, 5.74) is 1.00. The van der Waals surface area contributed by atoms with Gasteiger partial charge < -0.3 is 15.1 Å². The van der Waals surface area contributed by atoms with E-state index >= 15 is 0 Å². The molecule has 0 aromatic heterocycles. The average Bonchev–Trinajstić information content (AvgIpc) is 2.51. The Morgan fingerprint density at radius 1 is 1.00 bits per heavy atom. The molecule has 1 aliphatic carbocycles. The molecule has 0 bridgehead atoms. The van der Waals surface area contributed by atoms with Crippen LogP contribution < -0.4 is 4.90 Å². The number of benzene rings is 2. The van der Waals surface area contributed by atoms with E-state index in [0.29, 0.717) is 11.4 Å². The third-order valence-corrected chi connectivity index (χ3v) is 4.48. The molecule has 106 valence electrons. The van der Waals surface area contributed by atoms with Crippen LogP contribution in [0.4, 0.5) is 5.69 Å². The van der Waals surface area contributed by atoms with E-state index in [1.54, 1.807) is 6.07 Å². The van der Waals surface area contributed by atoms with E-state index < -0.39 is 0 Å². The summed E-state index contributed by atoms with van der Waals surface area (Å²) in [6.45, 7) is 0. The van der Waals surface area contributed by atoms with Gasteiger partial charge in [0.15, 0.2) is 11.5 Å². The molecule has 20 heavy (non-hydrogen) atoms. The van der Waals surface area contributed by atoms with Crippen LogP contribution in [-0.4, -0.2) is 23.3 Å². The molecule has 0 heterocycles. The Kier molecular flexibility index (Phi) is 3.43. The number of nitrogens with zero attached hydrogens (tertiary/aromatic N) is 1. The maximum Gasteiger partial charge on any atom is 0.165 e. The largest absolute Gasteiger partial charge is 0.504 e. The Balaban J connectivity index is 2.08. The molecule has 0 spiro atoms. The highest BCUT2D eigenvalue weighted by molar-refractivity contribution is 6.00. The lowest BCUT2D eigenvalue weighted by Gasteiger charge is -2.34. The number of hydrogen-bond donors (Lipinski definition) is 2. The molecule has 2 aromatic rings. The number of fused-ring (bicyclic) bond motifs is 1. The summed E-state index contributed by atoms with van der Waals surface area (Å²) in [5.74, 6) is -0.0669. The zero-order valence-electron chi connectivity index (χ0n) is 11.8. The van der Waals surface area contributed by atoms with Crippen molar-refractivity contribution in [1.82, 2.24) is 0 Å². The average molecular weight is 271 g/mol. The Hall–Kier alpha value is -1.90. The summed E-state index contributed by atoms with van der Waals surface area (Å²) >= 11 is 0. The molecule has 0 unspecified atom stereocenters.